The number of para-hydroxylation sites is 1. The monoisotopic (exact) mass is 248 g/mol. The van der Waals surface area contributed by atoms with E-state index in [1.54, 1.807) is 0 Å². The standard InChI is InChI=1S/C14H20N2O2/c1-2-13(14(17)18)16-10-8-15(9-11-16)12-6-4-3-5-7-12/h3-7,13H,2,8-11H2,1H3,(H,17,18)/t13-/m1/s1. The summed E-state index contributed by atoms with van der Waals surface area (Å²) in [6.45, 7) is 5.36. The smallest absolute Gasteiger partial charge is 0.320 e. The van der Waals surface area contributed by atoms with Crippen molar-refractivity contribution in [2.45, 2.75) is 19.4 Å². The van der Waals surface area contributed by atoms with Gasteiger partial charge in [-0.2, -0.15) is 0 Å². The summed E-state index contributed by atoms with van der Waals surface area (Å²) in [7, 11) is 0. The molecule has 2 rings (SSSR count). The lowest BCUT2D eigenvalue weighted by atomic mass is 10.1. The fourth-order valence-corrected chi connectivity index (χ4v) is 2.52. The number of benzene rings is 1. The summed E-state index contributed by atoms with van der Waals surface area (Å²) in [5.41, 5.74) is 1.22. The van der Waals surface area contributed by atoms with Gasteiger partial charge in [0.2, 0.25) is 0 Å². The molecule has 0 unspecified atom stereocenters. The molecule has 1 heterocycles. The highest BCUT2D eigenvalue weighted by molar-refractivity contribution is 5.73. The van der Waals surface area contributed by atoms with Crippen molar-refractivity contribution in [2.75, 3.05) is 31.1 Å². The largest absolute Gasteiger partial charge is 0.480 e. The third-order valence-corrected chi connectivity index (χ3v) is 3.55. The molecule has 18 heavy (non-hydrogen) atoms. The minimum absolute atomic E-state index is 0.331. The maximum absolute atomic E-state index is 11.1. The van der Waals surface area contributed by atoms with Crippen LogP contribution in [0.15, 0.2) is 30.3 Å². The van der Waals surface area contributed by atoms with Gasteiger partial charge < -0.3 is 10.0 Å². The van der Waals surface area contributed by atoms with Crippen LogP contribution in [0.4, 0.5) is 5.69 Å². The zero-order valence-electron chi connectivity index (χ0n) is 10.7. The number of anilines is 1. The van der Waals surface area contributed by atoms with Crippen LogP contribution in [0.1, 0.15) is 13.3 Å². The van der Waals surface area contributed by atoms with Crippen molar-refractivity contribution in [2.24, 2.45) is 0 Å². The summed E-state index contributed by atoms with van der Waals surface area (Å²) in [4.78, 5) is 15.5. The Labute approximate surface area is 108 Å². The van der Waals surface area contributed by atoms with E-state index < -0.39 is 5.97 Å². The number of hydrogen-bond donors (Lipinski definition) is 1. The van der Waals surface area contributed by atoms with Gasteiger partial charge in [-0.05, 0) is 18.6 Å². The molecule has 1 fully saturated rings. The van der Waals surface area contributed by atoms with Gasteiger partial charge in [0.1, 0.15) is 6.04 Å². The van der Waals surface area contributed by atoms with E-state index in [9.17, 15) is 4.79 Å². The molecule has 0 saturated carbocycles. The zero-order chi connectivity index (χ0) is 13.0. The Balaban J connectivity index is 1.94. The molecule has 4 heteroatoms. The minimum atomic E-state index is -0.703. The summed E-state index contributed by atoms with van der Waals surface area (Å²) in [6, 6.07) is 9.95. The Bertz CT molecular complexity index is 386. The number of carbonyl (C=O) groups is 1. The number of nitrogens with zero attached hydrogens (tertiary/aromatic N) is 2. The molecule has 0 aliphatic carbocycles. The van der Waals surface area contributed by atoms with Crippen molar-refractivity contribution in [3.05, 3.63) is 30.3 Å². The van der Waals surface area contributed by atoms with Crippen LogP contribution in [0.25, 0.3) is 0 Å². The molecule has 1 N–H and O–H groups in total. The highest BCUT2D eigenvalue weighted by Crippen LogP contribution is 2.17. The number of rotatable bonds is 4. The van der Waals surface area contributed by atoms with Crippen molar-refractivity contribution >= 4 is 11.7 Å². The summed E-state index contributed by atoms with van der Waals surface area (Å²) in [5.74, 6) is -0.703. The predicted molar refractivity (Wildman–Crippen MR) is 71.9 cm³/mol. The lowest BCUT2D eigenvalue weighted by Gasteiger charge is -2.38. The molecule has 1 aromatic rings. The molecule has 1 aliphatic rings. The second kappa shape index (κ2) is 5.87. The van der Waals surface area contributed by atoms with Gasteiger partial charge in [-0.25, -0.2) is 0 Å². The Morgan fingerprint density at radius 3 is 2.33 bits per heavy atom. The topological polar surface area (TPSA) is 43.8 Å². The number of carboxylic acid groups (broad SMARTS) is 1. The first-order valence-corrected chi connectivity index (χ1v) is 6.49. The molecule has 0 spiro atoms. The molecule has 0 aromatic heterocycles. The average Bonchev–Trinajstić information content (AvgIpc) is 2.41. The first-order valence-electron chi connectivity index (χ1n) is 6.49. The van der Waals surface area contributed by atoms with E-state index in [4.69, 9.17) is 5.11 Å². The highest BCUT2D eigenvalue weighted by Gasteiger charge is 2.27. The van der Waals surface area contributed by atoms with E-state index >= 15 is 0 Å². The maximum atomic E-state index is 11.1. The molecule has 4 nitrogen and oxygen atoms in total. The lowest BCUT2D eigenvalue weighted by Crippen LogP contribution is -2.52. The molecular formula is C14H20N2O2. The maximum Gasteiger partial charge on any atom is 0.320 e. The Morgan fingerprint density at radius 1 is 1.22 bits per heavy atom. The van der Waals surface area contributed by atoms with Crippen molar-refractivity contribution in [1.29, 1.82) is 0 Å². The summed E-state index contributed by atoms with van der Waals surface area (Å²) < 4.78 is 0. The normalized spacial score (nSPS) is 18.6. The van der Waals surface area contributed by atoms with Crippen LogP contribution in [0.2, 0.25) is 0 Å². The van der Waals surface area contributed by atoms with Gasteiger partial charge in [-0.15, -0.1) is 0 Å². The first-order chi connectivity index (χ1) is 8.72. The fraction of sp³-hybridized carbons (Fsp3) is 0.500. The van der Waals surface area contributed by atoms with Gasteiger partial charge in [-0.1, -0.05) is 25.1 Å². The minimum Gasteiger partial charge on any atom is -0.480 e. The van der Waals surface area contributed by atoms with E-state index in [-0.39, 0.29) is 6.04 Å². The fourth-order valence-electron chi connectivity index (χ4n) is 2.52. The molecule has 98 valence electrons. The number of hydrogen-bond acceptors (Lipinski definition) is 3. The zero-order valence-corrected chi connectivity index (χ0v) is 10.7. The molecule has 0 amide bonds. The third kappa shape index (κ3) is 2.82. The average molecular weight is 248 g/mol. The van der Waals surface area contributed by atoms with Gasteiger partial charge in [-0.3, -0.25) is 9.69 Å². The van der Waals surface area contributed by atoms with Crippen LogP contribution in [0, 0.1) is 0 Å². The number of piperazine rings is 1. The van der Waals surface area contributed by atoms with Crippen LogP contribution in [-0.4, -0.2) is 48.2 Å². The molecule has 1 atom stereocenters. The van der Waals surface area contributed by atoms with Gasteiger partial charge in [0.15, 0.2) is 0 Å². The van der Waals surface area contributed by atoms with Crippen LogP contribution in [0.5, 0.6) is 0 Å². The molecule has 0 bridgehead atoms. The Kier molecular flexibility index (Phi) is 4.20. The van der Waals surface area contributed by atoms with E-state index in [2.05, 4.69) is 21.9 Å². The van der Waals surface area contributed by atoms with Crippen LogP contribution in [-0.2, 0) is 4.79 Å². The van der Waals surface area contributed by atoms with Crippen LogP contribution in [0.3, 0.4) is 0 Å². The lowest BCUT2D eigenvalue weighted by molar-refractivity contribution is -0.143. The second-order valence-corrected chi connectivity index (χ2v) is 4.62. The second-order valence-electron chi connectivity index (χ2n) is 4.62. The number of aliphatic carboxylic acids is 1. The van der Waals surface area contributed by atoms with Crippen molar-refractivity contribution in [3.8, 4) is 0 Å². The van der Waals surface area contributed by atoms with Crippen LogP contribution >= 0.6 is 0 Å². The summed E-state index contributed by atoms with van der Waals surface area (Å²) in [5, 5.41) is 9.15. The van der Waals surface area contributed by atoms with E-state index in [0.29, 0.717) is 6.42 Å². The quantitative estimate of drug-likeness (QED) is 0.880. The van der Waals surface area contributed by atoms with Gasteiger partial charge in [0.05, 0.1) is 0 Å². The summed E-state index contributed by atoms with van der Waals surface area (Å²) in [6.07, 6.45) is 0.667. The van der Waals surface area contributed by atoms with E-state index in [0.717, 1.165) is 26.2 Å². The van der Waals surface area contributed by atoms with Crippen LogP contribution < -0.4 is 4.90 Å². The molecule has 1 aliphatic heterocycles. The Hall–Kier alpha value is -1.55. The van der Waals surface area contributed by atoms with Gasteiger partial charge in [0.25, 0.3) is 0 Å². The Morgan fingerprint density at radius 2 is 1.83 bits per heavy atom. The molecular weight excluding hydrogens is 228 g/mol. The van der Waals surface area contributed by atoms with Gasteiger partial charge in [0, 0.05) is 31.9 Å². The third-order valence-electron chi connectivity index (χ3n) is 3.55. The predicted octanol–water partition coefficient (Wildman–Crippen LogP) is 1.67. The summed E-state index contributed by atoms with van der Waals surface area (Å²) >= 11 is 0. The van der Waals surface area contributed by atoms with E-state index in [1.165, 1.54) is 5.69 Å². The molecule has 1 aromatic carbocycles. The molecule has 0 radical (unpaired) electrons. The van der Waals surface area contributed by atoms with Crippen molar-refractivity contribution in [1.82, 2.24) is 4.90 Å². The van der Waals surface area contributed by atoms with Gasteiger partial charge >= 0.3 is 5.97 Å². The SMILES string of the molecule is CC[C@H](C(=O)O)N1CCN(c2ccccc2)CC1. The number of carboxylic acids is 1. The first kappa shape index (κ1) is 12.9. The van der Waals surface area contributed by atoms with Crippen molar-refractivity contribution < 1.29 is 9.90 Å². The highest BCUT2D eigenvalue weighted by atomic mass is 16.4. The molecule has 1 saturated heterocycles. The van der Waals surface area contributed by atoms with E-state index in [1.807, 2.05) is 25.1 Å². The van der Waals surface area contributed by atoms with Crippen molar-refractivity contribution in [3.63, 3.8) is 0 Å².